The number of likely N-dealkylation sites (N-methyl/N-ethyl adjacent to an activating group) is 1. The van der Waals surface area contributed by atoms with Crippen molar-refractivity contribution in [2.45, 2.75) is 20.0 Å². The van der Waals surface area contributed by atoms with Crippen LogP contribution in [0.5, 0.6) is 11.5 Å². The first-order chi connectivity index (χ1) is 11.7. The molecule has 0 fully saturated rings. The number of quaternary nitrogens is 1. The summed E-state index contributed by atoms with van der Waals surface area (Å²) in [6.07, 6.45) is 0. The number of benzene rings is 2. The Kier molecular flexibility index (Phi) is 5.33. The van der Waals surface area contributed by atoms with Crippen LogP contribution in [0.1, 0.15) is 18.1 Å². The Morgan fingerprint density at radius 2 is 1.88 bits per heavy atom. The summed E-state index contributed by atoms with van der Waals surface area (Å²) in [5, 5.41) is 2.98. The minimum absolute atomic E-state index is 0.0560. The molecule has 2 aromatic carbocycles. The van der Waals surface area contributed by atoms with Gasteiger partial charge in [0.15, 0.2) is 18.0 Å². The molecular weight excluding hydrogens is 304 g/mol. The summed E-state index contributed by atoms with van der Waals surface area (Å²) >= 11 is 0. The molecule has 5 nitrogen and oxygen atoms in total. The van der Waals surface area contributed by atoms with Crippen LogP contribution >= 0.6 is 0 Å². The van der Waals surface area contributed by atoms with Gasteiger partial charge in [0.1, 0.15) is 6.54 Å². The zero-order valence-corrected chi connectivity index (χ0v) is 13.9. The summed E-state index contributed by atoms with van der Waals surface area (Å²) in [6.45, 7) is 5.09. The molecular formula is C19H23N2O3+. The van der Waals surface area contributed by atoms with Crippen LogP contribution in [0.25, 0.3) is 0 Å². The van der Waals surface area contributed by atoms with Crippen LogP contribution in [0, 0.1) is 0 Å². The molecule has 1 unspecified atom stereocenters. The first-order valence-corrected chi connectivity index (χ1v) is 8.27. The molecule has 2 N–H and O–H groups in total. The van der Waals surface area contributed by atoms with Gasteiger partial charge in [0.05, 0.1) is 6.54 Å². The zero-order chi connectivity index (χ0) is 16.8. The molecule has 0 radical (unpaired) electrons. The Morgan fingerprint density at radius 3 is 2.67 bits per heavy atom. The quantitative estimate of drug-likeness (QED) is 0.802. The van der Waals surface area contributed by atoms with Crippen molar-refractivity contribution in [1.82, 2.24) is 5.32 Å². The number of hydrogen-bond donors (Lipinski definition) is 2. The molecule has 0 spiro atoms. The van der Waals surface area contributed by atoms with E-state index in [1.54, 1.807) is 0 Å². The number of hydrogen-bond acceptors (Lipinski definition) is 3. The molecule has 1 heterocycles. The van der Waals surface area contributed by atoms with Gasteiger partial charge >= 0.3 is 0 Å². The second kappa shape index (κ2) is 7.84. The van der Waals surface area contributed by atoms with Crippen LogP contribution in [0.15, 0.2) is 48.5 Å². The van der Waals surface area contributed by atoms with Gasteiger partial charge in [-0.05, 0) is 24.6 Å². The average Bonchev–Trinajstić information content (AvgIpc) is 3.08. The van der Waals surface area contributed by atoms with Crippen molar-refractivity contribution < 1.29 is 19.2 Å². The number of rotatable bonds is 7. The van der Waals surface area contributed by atoms with Crippen molar-refractivity contribution in [2.24, 2.45) is 0 Å². The van der Waals surface area contributed by atoms with Crippen LogP contribution in [0.3, 0.4) is 0 Å². The van der Waals surface area contributed by atoms with E-state index in [4.69, 9.17) is 9.47 Å². The molecule has 126 valence electrons. The molecule has 0 aromatic heterocycles. The third-order valence-electron chi connectivity index (χ3n) is 4.13. The highest BCUT2D eigenvalue weighted by molar-refractivity contribution is 5.76. The van der Waals surface area contributed by atoms with Crippen LogP contribution in [0.4, 0.5) is 0 Å². The smallest absolute Gasteiger partial charge is 0.275 e. The van der Waals surface area contributed by atoms with E-state index in [0.717, 1.165) is 30.2 Å². The van der Waals surface area contributed by atoms with Crippen molar-refractivity contribution in [1.29, 1.82) is 0 Å². The Hall–Kier alpha value is -2.53. The summed E-state index contributed by atoms with van der Waals surface area (Å²) in [7, 11) is 0. The molecule has 0 saturated heterocycles. The van der Waals surface area contributed by atoms with Gasteiger partial charge in [0.25, 0.3) is 5.91 Å². The van der Waals surface area contributed by atoms with Crippen molar-refractivity contribution in [3.63, 3.8) is 0 Å². The Balaban J connectivity index is 1.49. The Labute approximate surface area is 142 Å². The summed E-state index contributed by atoms with van der Waals surface area (Å²) in [4.78, 5) is 13.5. The van der Waals surface area contributed by atoms with E-state index in [1.807, 2.05) is 36.4 Å². The fourth-order valence-electron chi connectivity index (χ4n) is 2.74. The van der Waals surface area contributed by atoms with Gasteiger partial charge in [-0.2, -0.15) is 0 Å². The average molecular weight is 327 g/mol. The largest absolute Gasteiger partial charge is 0.454 e. The van der Waals surface area contributed by atoms with E-state index >= 15 is 0 Å². The number of fused-ring (bicyclic) bond motifs is 1. The van der Waals surface area contributed by atoms with Gasteiger partial charge in [0.2, 0.25) is 6.79 Å². The fourth-order valence-corrected chi connectivity index (χ4v) is 2.74. The molecule has 0 bridgehead atoms. The van der Waals surface area contributed by atoms with E-state index in [-0.39, 0.29) is 12.7 Å². The molecule has 5 heteroatoms. The number of ether oxygens (including phenoxy) is 2. The molecule has 1 amide bonds. The molecule has 24 heavy (non-hydrogen) atoms. The molecule has 0 aliphatic carbocycles. The molecule has 1 aliphatic heterocycles. The highest BCUT2D eigenvalue weighted by atomic mass is 16.7. The number of nitrogens with one attached hydrogen (secondary N) is 2. The number of carbonyl (C=O) groups excluding carboxylic acids is 1. The number of carbonyl (C=O) groups is 1. The van der Waals surface area contributed by atoms with Crippen molar-refractivity contribution in [3.8, 4) is 11.5 Å². The minimum Gasteiger partial charge on any atom is -0.454 e. The lowest BCUT2D eigenvalue weighted by Gasteiger charge is -2.17. The van der Waals surface area contributed by atoms with Gasteiger partial charge in [-0.1, -0.05) is 36.4 Å². The first-order valence-electron chi connectivity index (χ1n) is 8.27. The maximum atomic E-state index is 12.2. The topological polar surface area (TPSA) is 52.0 Å². The van der Waals surface area contributed by atoms with E-state index in [9.17, 15) is 4.79 Å². The van der Waals surface area contributed by atoms with Crippen LogP contribution in [-0.2, 0) is 17.9 Å². The predicted octanol–water partition coefficient (Wildman–Crippen LogP) is 1.14. The summed E-state index contributed by atoms with van der Waals surface area (Å²) in [5.74, 6) is 1.56. The molecule has 3 rings (SSSR count). The third-order valence-corrected chi connectivity index (χ3v) is 4.13. The van der Waals surface area contributed by atoms with Crippen LogP contribution in [-0.4, -0.2) is 25.8 Å². The monoisotopic (exact) mass is 327 g/mol. The maximum Gasteiger partial charge on any atom is 0.275 e. The zero-order valence-electron chi connectivity index (χ0n) is 13.9. The van der Waals surface area contributed by atoms with Gasteiger partial charge in [-0.15, -0.1) is 0 Å². The van der Waals surface area contributed by atoms with Crippen LogP contribution in [0.2, 0.25) is 0 Å². The summed E-state index contributed by atoms with van der Waals surface area (Å²) < 4.78 is 10.6. The van der Waals surface area contributed by atoms with Gasteiger partial charge in [-0.25, -0.2) is 0 Å². The lowest BCUT2D eigenvalue weighted by atomic mass is 10.2. The Bertz CT molecular complexity index is 688. The van der Waals surface area contributed by atoms with E-state index in [0.29, 0.717) is 13.1 Å². The van der Waals surface area contributed by atoms with Crippen molar-refractivity contribution >= 4 is 5.91 Å². The first kappa shape index (κ1) is 16.3. The Morgan fingerprint density at radius 1 is 1.08 bits per heavy atom. The van der Waals surface area contributed by atoms with Crippen molar-refractivity contribution in [2.75, 3.05) is 19.9 Å². The fraction of sp³-hybridized carbons (Fsp3) is 0.316. The van der Waals surface area contributed by atoms with Crippen LogP contribution < -0.4 is 19.7 Å². The molecule has 2 aromatic rings. The summed E-state index contributed by atoms with van der Waals surface area (Å²) in [5.41, 5.74) is 2.26. The maximum absolute atomic E-state index is 12.2. The normalized spacial score (nSPS) is 13.5. The predicted molar refractivity (Wildman–Crippen MR) is 90.9 cm³/mol. The van der Waals surface area contributed by atoms with Gasteiger partial charge < -0.3 is 19.7 Å². The molecule has 1 atom stereocenters. The minimum atomic E-state index is 0.0560. The van der Waals surface area contributed by atoms with E-state index in [1.165, 1.54) is 10.5 Å². The second-order valence-corrected chi connectivity index (χ2v) is 5.91. The highest BCUT2D eigenvalue weighted by Gasteiger charge is 2.15. The lowest BCUT2D eigenvalue weighted by molar-refractivity contribution is -0.904. The SMILES string of the molecule is CC[NH+](CC(=O)NCc1ccc2c(c1)OCO2)Cc1ccccc1. The van der Waals surface area contributed by atoms with Gasteiger partial charge in [-0.3, -0.25) is 4.79 Å². The van der Waals surface area contributed by atoms with E-state index < -0.39 is 0 Å². The van der Waals surface area contributed by atoms with Crippen molar-refractivity contribution in [3.05, 3.63) is 59.7 Å². The number of amides is 1. The highest BCUT2D eigenvalue weighted by Crippen LogP contribution is 2.32. The van der Waals surface area contributed by atoms with Gasteiger partial charge in [0, 0.05) is 12.1 Å². The molecule has 1 aliphatic rings. The standard InChI is InChI=1S/C19H22N2O3/c1-2-21(12-15-6-4-3-5-7-15)13-19(22)20-11-16-8-9-17-18(10-16)24-14-23-17/h3-10H,2,11-14H2,1H3,(H,20,22)/p+1. The lowest BCUT2D eigenvalue weighted by Crippen LogP contribution is -3.11. The second-order valence-electron chi connectivity index (χ2n) is 5.91. The molecule has 0 saturated carbocycles. The van der Waals surface area contributed by atoms with E-state index in [2.05, 4.69) is 24.4 Å². The summed E-state index contributed by atoms with van der Waals surface area (Å²) in [6, 6.07) is 16.0. The third kappa shape index (κ3) is 4.26.